The molecule has 1 heterocycles. The number of aromatic amines is 2. The maximum atomic E-state index is 11.7. The molecule has 110 valence electrons. The van der Waals surface area contributed by atoms with E-state index >= 15 is 0 Å². The van der Waals surface area contributed by atoms with Gasteiger partial charge in [0.15, 0.2) is 4.77 Å². The van der Waals surface area contributed by atoms with Gasteiger partial charge in [-0.2, -0.15) is 0 Å². The van der Waals surface area contributed by atoms with Crippen LogP contribution in [-0.2, 0) is 6.42 Å². The standard InChI is InChI=1S/C15H17N3O2S/c1-10(7-8-11-5-3-2-4-6-11)16-9-12-13(19)17-15(21)18-14(12)20/h2-6,9-10H,7-8H2,1H3,(H3,17,18,19,20,21). The van der Waals surface area contributed by atoms with Gasteiger partial charge in [-0.15, -0.1) is 0 Å². The molecule has 1 aromatic heterocycles. The van der Waals surface area contributed by atoms with Crippen LogP contribution in [0.3, 0.4) is 0 Å². The van der Waals surface area contributed by atoms with Gasteiger partial charge in [-0.25, -0.2) is 0 Å². The smallest absolute Gasteiger partial charge is 0.264 e. The molecule has 0 aliphatic heterocycles. The van der Waals surface area contributed by atoms with E-state index in [1.165, 1.54) is 11.8 Å². The quantitative estimate of drug-likeness (QED) is 0.586. The molecule has 0 aliphatic rings. The van der Waals surface area contributed by atoms with E-state index < -0.39 is 5.56 Å². The highest BCUT2D eigenvalue weighted by atomic mass is 32.1. The van der Waals surface area contributed by atoms with Gasteiger partial charge in [0.05, 0.1) is 0 Å². The monoisotopic (exact) mass is 303 g/mol. The third kappa shape index (κ3) is 4.39. The minimum atomic E-state index is -0.449. The summed E-state index contributed by atoms with van der Waals surface area (Å²) in [5.74, 6) is -0.261. The average molecular weight is 303 g/mol. The number of H-pyrrole nitrogens is 2. The zero-order valence-electron chi connectivity index (χ0n) is 11.7. The van der Waals surface area contributed by atoms with E-state index in [2.05, 4.69) is 27.1 Å². The van der Waals surface area contributed by atoms with Gasteiger partial charge in [-0.3, -0.25) is 14.8 Å². The highest BCUT2D eigenvalue weighted by Gasteiger charge is 2.05. The van der Waals surface area contributed by atoms with Gasteiger partial charge in [0.25, 0.3) is 5.56 Å². The minimum Gasteiger partial charge on any atom is -0.494 e. The minimum absolute atomic E-state index is 0.0483. The number of hydrogen-bond donors (Lipinski definition) is 3. The van der Waals surface area contributed by atoms with Gasteiger partial charge >= 0.3 is 0 Å². The molecule has 2 rings (SSSR count). The van der Waals surface area contributed by atoms with Crippen molar-refractivity contribution in [3.63, 3.8) is 0 Å². The summed E-state index contributed by atoms with van der Waals surface area (Å²) < 4.78 is 0.0896. The molecular formula is C15H17N3O2S. The number of aromatic nitrogens is 2. The summed E-state index contributed by atoms with van der Waals surface area (Å²) >= 11 is 4.76. The lowest BCUT2D eigenvalue weighted by molar-refractivity contribution is 0.449. The van der Waals surface area contributed by atoms with E-state index in [1.807, 2.05) is 25.1 Å². The zero-order chi connectivity index (χ0) is 15.2. The Morgan fingerprint density at radius 1 is 1.33 bits per heavy atom. The first-order valence-electron chi connectivity index (χ1n) is 6.69. The summed E-state index contributed by atoms with van der Waals surface area (Å²) in [6.07, 6.45) is 3.16. The number of nitrogens with zero attached hydrogens (tertiary/aromatic N) is 1. The lowest BCUT2D eigenvalue weighted by atomic mass is 10.1. The molecule has 6 heteroatoms. The van der Waals surface area contributed by atoms with Crippen LogP contribution in [0.25, 0.3) is 0 Å². The third-order valence-electron chi connectivity index (χ3n) is 3.11. The van der Waals surface area contributed by atoms with E-state index in [9.17, 15) is 9.90 Å². The molecule has 0 aliphatic carbocycles. The lowest BCUT2D eigenvalue weighted by Crippen LogP contribution is -2.14. The number of benzene rings is 1. The Bertz CT molecular complexity index is 735. The van der Waals surface area contributed by atoms with Crippen molar-refractivity contribution in [3.05, 3.63) is 56.6 Å². The molecule has 1 atom stereocenters. The summed E-state index contributed by atoms with van der Waals surface area (Å²) in [4.78, 5) is 20.9. The fourth-order valence-corrected chi connectivity index (χ4v) is 2.09. The number of rotatable bonds is 5. The van der Waals surface area contributed by atoms with Gasteiger partial charge in [-0.05, 0) is 37.5 Å². The van der Waals surface area contributed by atoms with E-state index in [1.54, 1.807) is 0 Å². The second-order valence-corrected chi connectivity index (χ2v) is 5.23. The van der Waals surface area contributed by atoms with Crippen LogP contribution in [0.15, 0.2) is 40.1 Å². The summed E-state index contributed by atoms with van der Waals surface area (Å²) in [6, 6.07) is 10.2. The predicted octanol–water partition coefficient (Wildman–Crippen LogP) is 2.58. The molecule has 0 fully saturated rings. The van der Waals surface area contributed by atoms with Crippen LogP contribution in [0.2, 0.25) is 0 Å². The molecule has 1 aromatic carbocycles. The van der Waals surface area contributed by atoms with Crippen molar-refractivity contribution in [2.24, 2.45) is 4.99 Å². The van der Waals surface area contributed by atoms with Crippen molar-refractivity contribution in [1.29, 1.82) is 0 Å². The van der Waals surface area contributed by atoms with Gasteiger partial charge < -0.3 is 10.1 Å². The second-order valence-electron chi connectivity index (χ2n) is 4.82. The summed E-state index contributed by atoms with van der Waals surface area (Å²) in [5, 5.41) is 9.66. The first-order chi connectivity index (χ1) is 10.1. The van der Waals surface area contributed by atoms with Crippen molar-refractivity contribution in [1.82, 2.24) is 9.97 Å². The van der Waals surface area contributed by atoms with E-state index in [4.69, 9.17) is 12.2 Å². The highest BCUT2D eigenvalue weighted by molar-refractivity contribution is 7.71. The van der Waals surface area contributed by atoms with Crippen LogP contribution in [0.4, 0.5) is 0 Å². The Morgan fingerprint density at radius 3 is 2.71 bits per heavy atom. The maximum Gasteiger partial charge on any atom is 0.264 e. The fourth-order valence-electron chi connectivity index (χ4n) is 1.90. The van der Waals surface area contributed by atoms with E-state index in [0.29, 0.717) is 0 Å². The van der Waals surface area contributed by atoms with Crippen molar-refractivity contribution in [2.45, 2.75) is 25.8 Å². The van der Waals surface area contributed by atoms with Crippen LogP contribution in [0, 0.1) is 4.77 Å². The Kier molecular flexibility index (Phi) is 5.05. The van der Waals surface area contributed by atoms with Crippen molar-refractivity contribution in [2.75, 3.05) is 0 Å². The molecule has 3 N–H and O–H groups in total. The first-order valence-corrected chi connectivity index (χ1v) is 7.10. The van der Waals surface area contributed by atoms with Crippen LogP contribution >= 0.6 is 12.2 Å². The lowest BCUT2D eigenvalue weighted by Gasteiger charge is -2.06. The van der Waals surface area contributed by atoms with E-state index in [-0.39, 0.29) is 22.3 Å². The average Bonchev–Trinajstić information content (AvgIpc) is 2.45. The Morgan fingerprint density at radius 2 is 2.05 bits per heavy atom. The predicted molar refractivity (Wildman–Crippen MR) is 85.7 cm³/mol. The molecule has 5 nitrogen and oxygen atoms in total. The first kappa shape index (κ1) is 15.2. The van der Waals surface area contributed by atoms with Gasteiger partial charge in [0.1, 0.15) is 5.56 Å². The number of aryl methyl sites for hydroxylation is 1. The molecule has 0 radical (unpaired) electrons. The highest BCUT2D eigenvalue weighted by Crippen LogP contribution is 2.08. The van der Waals surface area contributed by atoms with Gasteiger partial charge in [0.2, 0.25) is 5.88 Å². The van der Waals surface area contributed by atoms with Crippen LogP contribution < -0.4 is 5.56 Å². The summed E-state index contributed by atoms with van der Waals surface area (Å²) in [5.41, 5.74) is 0.898. The van der Waals surface area contributed by atoms with Gasteiger partial charge in [-0.1, -0.05) is 30.3 Å². The Balaban J connectivity index is 2.01. The number of hydrogen-bond acceptors (Lipinski definition) is 4. The summed E-state index contributed by atoms with van der Waals surface area (Å²) in [6.45, 7) is 1.97. The second kappa shape index (κ2) is 6.99. The molecule has 0 spiro atoms. The van der Waals surface area contributed by atoms with Crippen molar-refractivity contribution in [3.8, 4) is 5.88 Å². The molecule has 21 heavy (non-hydrogen) atoms. The molecule has 2 aromatic rings. The van der Waals surface area contributed by atoms with Crippen molar-refractivity contribution >= 4 is 18.4 Å². The Hall–Kier alpha value is -2.21. The van der Waals surface area contributed by atoms with Crippen LogP contribution in [0.1, 0.15) is 24.5 Å². The van der Waals surface area contributed by atoms with Crippen LogP contribution in [-0.4, -0.2) is 27.3 Å². The number of aromatic hydroxyl groups is 1. The molecule has 0 saturated carbocycles. The number of aliphatic imine (C=N–C) groups is 1. The normalized spacial score (nSPS) is 12.6. The largest absolute Gasteiger partial charge is 0.494 e. The maximum absolute atomic E-state index is 11.7. The molecule has 0 amide bonds. The topological polar surface area (TPSA) is 81.2 Å². The number of nitrogens with one attached hydrogen (secondary N) is 2. The molecule has 1 unspecified atom stereocenters. The molecular weight excluding hydrogens is 286 g/mol. The Labute approximate surface area is 127 Å². The summed E-state index contributed by atoms with van der Waals surface area (Å²) in [7, 11) is 0. The SMILES string of the molecule is CC(CCc1ccccc1)N=Cc1c(O)[nH]c(=S)[nH]c1=O. The third-order valence-corrected chi connectivity index (χ3v) is 3.31. The van der Waals surface area contributed by atoms with E-state index in [0.717, 1.165) is 12.8 Å². The zero-order valence-corrected chi connectivity index (χ0v) is 12.5. The molecule has 0 saturated heterocycles. The molecule has 0 bridgehead atoms. The van der Waals surface area contributed by atoms with Crippen LogP contribution in [0.5, 0.6) is 5.88 Å². The van der Waals surface area contributed by atoms with Gasteiger partial charge in [0, 0.05) is 12.3 Å². The fraction of sp³-hybridized carbons (Fsp3) is 0.267. The van der Waals surface area contributed by atoms with Crippen molar-refractivity contribution < 1.29 is 5.11 Å².